The molecule has 0 unspecified atom stereocenters. The summed E-state index contributed by atoms with van der Waals surface area (Å²) < 4.78 is 0. The highest BCUT2D eigenvalue weighted by molar-refractivity contribution is 5.94. The van der Waals surface area contributed by atoms with Crippen LogP contribution < -0.4 is 0 Å². The highest BCUT2D eigenvalue weighted by atomic mass is 16.3. The number of hydrogen-bond donors (Lipinski definition) is 1. The summed E-state index contributed by atoms with van der Waals surface area (Å²) in [6.45, 7) is 7.48. The summed E-state index contributed by atoms with van der Waals surface area (Å²) in [5, 5.41) is 9.49. The normalized spacial score (nSPS) is 16.3. The van der Waals surface area contributed by atoms with Gasteiger partial charge in [-0.25, -0.2) is 0 Å². The van der Waals surface area contributed by atoms with Crippen LogP contribution in [0.2, 0.25) is 0 Å². The van der Waals surface area contributed by atoms with Crippen molar-refractivity contribution in [2.24, 2.45) is 5.41 Å². The van der Waals surface area contributed by atoms with Gasteiger partial charge in [-0.1, -0.05) is 11.8 Å². The second-order valence-corrected chi connectivity index (χ2v) is 6.60. The molecule has 21 heavy (non-hydrogen) atoms. The zero-order chi connectivity index (χ0) is 15.5. The van der Waals surface area contributed by atoms with Gasteiger partial charge in [-0.3, -0.25) is 4.79 Å². The van der Waals surface area contributed by atoms with E-state index in [0.717, 1.165) is 5.56 Å². The number of rotatable bonds is 1. The largest absolute Gasteiger partial charge is 0.393 e. The number of hydrogen-bond acceptors (Lipinski definition) is 2. The van der Waals surface area contributed by atoms with E-state index in [4.69, 9.17) is 0 Å². The number of carbonyl (C=O) groups is 1. The van der Waals surface area contributed by atoms with Crippen molar-refractivity contribution >= 4 is 5.91 Å². The number of benzene rings is 1. The summed E-state index contributed by atoms with van der Waals surface area (Å²) in [4.78, 5) is 14.2. The number of piperidine rings is 1. The van der Waals surface area contributed by atoms with E-state index in [1.165, 1.54) is 0 Å². The molecule has 0 saturated carbocycles. The molecule has 1 aliphatic rings. The van der Waals surface area contributed by atoms with Gasteiger partial charge in [-0.15, -0.1) is 0 Å². The van der Waals surface area contributed by atoms with Gasteiger partial charge >= 0.3 is 0 Å². The lowest BCUT2D eigenvalue weighted by Crippen LogP contribution is -2.40. The minimum Gasteiger partial charge on any atom is -0.393 e. The molecule has 1 N–H and O–H groups in total. The standard InChI is InChI=1S/C18H23NO2/c1-18(2,3)11-8-14-4-6-15(7-5-14)17(21)19-12-9-16(20)10-13-19/h4-7,16,20H,9-10,12-13H2,1-3H3. The zero-order valence-electron chi connectivity index (χ0n) is 13.0. The van der Waals surface area contributed by atoms with E-state index in [1.54, 1.807) is 0 Å². The van der Waals surface area contributed by atoms with Crippen molar-refractivity contribution in [1.29, 1.82) is 0 Å². The average Bonchev–Trinajstić information content (AvgIpc) is 2.45. The molecule has 0 aromatic heterocycles. The quantitative estimate of drug-likeness (QED) is 0.806. The van der Waals surface area contributed by atoms with Crippen LogP contribution in [-0.2, 0) is 0 Å². The lowest BCUT2D eigenvalue weighted by atomic mass is 9.97. The summed E-state index contributed by atoms with van der Waals surface area (Å²) in [6.07, 6.45) is 1.07. The first-order chi connectivity index (χ1) is 9.85. The van der Waals surface area contributed by atoms with Gasteiger partial charge in [0.1, 0.15) is 0 Å². The average molecular weight is 285 g/mol. The Balaban J connectivity index is 2.04. The van der Waals surface area contributed by atoms with Crippen molar-refractivity contribution in [2.75, 3.05) is 13.1 Å². The van der Waals surface area contributed by atoms with Crippen molar-refractivity contribution in [1.82, 2.24) is 4.90 Å². The van der Waals surface area contributed by atoms with Crippen molar-refractivity contribution in [3.63, 3.8) is 0 Å². The smallest absolute Gasteiger partial charge is 0.253 e. The molecule has 112 valence electrons. The van der Waals surface area contributed by atoms with Gasteiger partial charge in [0.2, 0.25) is 0 Å². The lowest BCUT2D eigenvalue weighted by molar-refractivity contribution is 0.0546. The Morgan fingerprint density at radius 2 is 1.76 bits per heavy atom. The van der Waals surface area contributed by atoms with E-state index in [2.05, 4.69) is 32.6 Å². The SMILES string of the molecule is CC(C)(C)C#Cc1ccc(C(=O)N2CCC(O)CC2)cc1. The Morgan fingerprint density at radius 1 is 1.19 bits per heavy atom. The predicted molar refractivity (Wildman–Crippen MR) is 83.9 cm³/mol. The molecule has 1 aliphatic heterocycles. The van der Waals surface area contributed by atoms with Crippen LogP contribution in [0.5, 0.6) is 0 Å². The molecule has 1 aromatic rings. The van der Waals surface area contributed by atoms with Gasteiger partial charge in [-0.2, -0.15) is 0 Å². The first-order valence-electron chi connectivity index (χ1n) is 7.46. The van der Waals surface area contributed by atoms with E-state index < -0.39 is 0 Å². The first kappa shape index (κ1) is 15.6. The second-order valence-electron chi connectivity index (χ2n) is 6.60. The monoisotopic (exact) mass is 285 g/mol. The van der Waals surface area contributed by atoms with E-state index in [0.29, 0.717) is 31.5 Å². The second kappa shape index (κ2) is 6.32. The van der Waals surface area contributed by atoms with Gasteiger partial charge < -0.3 is 10.0 Å². The fourth-order valence-corrected chi connectivity index (χ4v) is 2.21. The van der Waals surface area contributed by atoms with Gasteiger partial charge in [0.05, 0.1) is 6.10 Å². The van der Waals surface area contributed by atoms with Crippen molar-refractivity contribution in [3.05, 3.63) is 35.4 Å². The zero-order valence-corrected chi connectivity index (χ0v) is 13.0. The molecular weight excluding hydrogens is 262 g/mol. The maximum absolute atomic E-state index is 12.3. The molecule has 0 spiro atoms. The fourth-order valence-electron chi connectivity index (χ4n) is 2.21. The molecular formula is C18H23NO2. The van der Waals surface area contributed by atoms with E-state index >= 15 is 0 Å². The van der Waals surface area contributed by atoms with Gasteiger partial charge in [0, 0.05) is 29.6 Å². The number of carbonyl (C=O) groups excluding carboxylic acids is 1. The van der Waals surface area contributed by atoms with E-state index in [-0.39, 0.29) is 17.4 Å². The summed E-state index contributed by atoms with van der Waals surface area (Å²) in [5.41, 5.74) is 1.59. The van der Waals surface area contributed by atoms with Crippen LogP contribution >= 0.6 is 0 Å². The number of likely N-dealkylation sites (tertiary alicyclic amines) is 1. The summed E-state index contributed by atoms with van der Waals surface area (Å²) >= 11 is 0. The molecule has 0 bridgehead atoms. The number of aliphatic hydroxyl groups is 1. The molecule has 1 amide bonds. The molecule has 0 radical (unpaired) electrons. The van der Waals surface area contributed by atoms with Crippen molar-refractivity contribution < 1.29 is 9.90 Å². The van der Waals surface area contributed by atoms with Gasteiger partial charge in [0.15, 0.2) is 0 Å². The van der Waals surface area contributed by atoms with Crippen LogP contribution in [0.25, 0.3) is 0 Å². The van der Waals surface area contributed by atoms with Crippen LogP contribution in [-0.4, -0.2) is 35.1 Å². The Morgan fingerprint density at radius 3 is 2.29 bits per heavy atom. The maximum atomic E-state index is 12.3. The van der Waals surface area contributed by atoms with Gasteiger partial charge in [-0.05, 0) is 57.9 Å². The Bertz CT molecular complexity index is 550. The molecule has 3 heteroatoms. The summed E-state index contributed by atoms with van der Waals surface area (Å²) in [6, 6.07) is 7.45. The van der Waals surface area contributed by atoms with Crippen LogP contribution in [0.1, 0.15) is 49.5 Å². The Labute approximate surface area is 127 Å². The van der Waals surface area contributed by atoms with Crippen molar-refractivity contribution in [2.45, 2.75) is 39.7 Å². The highest BCUT2D eigenvalue weighted by Gasteiger charge is 2.22. The van der Waals surface area contributed by atoms with Crippen LogP contribution in [0.4, 0.5) is 0 Å². The van der Waals surface area contributed by atoms with Crippen LogP contribution in [0.3, 0.4) is 0 Å². The third-order valence-corrected chi connectivity index (χ3v) is 3.47. The molecule has 0 aliphatic carbocycles. The highest BCUT2D eigenvalue weighted by Crippen LogP contribution is 2.15. The Kier molecular flexibility index (Phi) is 4.69. The number of amides is 1. The molecule has 1 aromatic carbocycles. The van der Waals surface area contributed by atoms with Crippen LogP contribution in [0, 0.1) is 17.3 Å². The number of aliphatic hydroxyl groups excluding tert-OH is 1. The molecule has 0 atom stereocenters. The summed E-state index contributed by atoms with van der Waals surface area (Å²) in [7, 11) is 0. The first-order valence-corrected chi connectivity index (χ1v) is 7.46. The van der Waals surface area contributed by atoms with Crippen LogP contribution in [0.15, 0.2) is 24.3 Å². The third-order valence-electron chi connectivity index (χ3n) is 3.47. The van der Waals surface area contributed by atoms with E-state index in [9.17, 15) is 9.90 Å². The number of nitrogens with zero attached hydrogens (tertiary/aromatic N) is 1. The molecule has 1 saturated heterocycles. The summed E-state index contributed by atoms with van der Waals surface area (Å²) in [5.74, 6) is 6.35. The maximum Gasteiger partial charge on any atom is 0.253 e. The molecule has 3 nitrogen and oxygen atoms in total. The topological polar surface area (TPSA) is 40.5 Å². The fraction of sp³-hybridized carbons (Fsp3) is 0.500. The third kappa shape index (κ3) is 4.61. The predicted octanol–water partition coefficient (Wildman–Crippen LogP) is 2.68. The molecule has 2 rings (SSSR count). The molecule has 1 fully saturated rings. The minimum atomic E-state index is -0.260. The minimum absolute atomic E-state index is 0.0247. The lowest BCUT2D eigenvalue weighted by Gasteiger charge is -2.29. The molecule has 1 heterocycles. The Hall–Kier alpha value is -1.79. The van der Waals surface area contributed by atoms with Crippen molar-refractivity contribution in [3.8, 4) is 11.8 Å². The van der Waals surface area contributed by atoms with E-state index in [1.807, 2.05) is 29.2 Å². The van der Waals surface area contributed by atoms with Gasteiger partial charge in [0.25, 0.3) is 5.91 Å².